The van der Waals surface area contributed by atoms with Gasteiger partial charge >= 0.3 is 0 Å². The molecule has 2 rings (SSSR count). The second-order valence-corrected chi connectivity index (χ2v) is 4.37. The number of thiazole rings is 1. The van der Waals surface area contributed by atoms with Crippen LogP contribution in [0.4, 0.5) is 0 Å². The molecule has 3 heteroatoms. The number of carbonyl (C=O) groups is 1. The second-order valence-electron chi connectivity index (χ2n) is 3.65. The van der Waals surface area contributed by atoms with Crippen molar-refractivity contribution in [3.05, 3.63) is 52.0 Å². The molecular weight excluding hydrogens is 218 g/mol. The molecule has 0 aliphatic heterocycles. The number of aromatic nitrogens is 1. The van der Waals surface area contributed by atoms with Gasteiger partial charge in [0.05, 0.1) is 5.51 Å². The average Bonchev–Trinajstić information content (AvgIpc) is 2.83. The highest BCUT2D eigenvalue weighted by molar-refractivity contribution is 7.07. The van der Waals surface area contributed by atoms with Crippen LogP contribution in [0.5, 0.6) is 0 Å². The highest BCUT2D eigenvalue weighted by Crippen LogP contribution is 2.12. The first-order valence-corrected chi connectivity index (χ1v) is 6.27. The molecule has 1 heterocycles. The van der Waals surface area contributed by atoms with E-state index in [-0.39, 0.29) is 5.78 Å². The summed E-state index contributed by atoms with van der Waals surface area (Å²) in [6.45, 7) is 2.15. The Morgan fingerprint density at radius 2 is 2.06 bits per heavy atom. The summed E-state index contributed by atoms with van der Waals surface area (Å²) < 4.78 is 0. The molecule has 0 saturated carbocycles. The molecule has 1 aromatic carbocycles. The molecule has 2 aromatic rings. The number of nitrogens with zero attached hydrogens (tertiary/aromatic N) is 1. The predicted octanol–water partition coefficient (Wildman–Crippen LogP) is 3.33. The van der Waals surface area contributed by atoms with Gasteiger partial charge in [-0.1, -0.05) is 37.6 Å². The van der Waals surface area contributed by atoms with Crippen molar-refractivity contribution in [2.45, 2.75) is 19.8 Å². The SMILES string of the molecule is CCCc1ccc(C(=O)c2cscn2)cc1. The zero-order valence-corrected chi connectivity index (χ0v) is 9.96. The zero-order valence-electron chi connectivity index (χ0n) is 9.14. The molecule has 2 nitrogen and oxygen atoms in total. The van der Waals surface area contributed by atoms with Crippen LogP contribution < -0.4 is 0 Å². The van der Waals surface area contributed by atoms with Gasteiger partial charge in [-0.2, -0.15) is 0 Å². The van der Waals surface area contributed by atoms with Crippen molar-refractivity contribution in [1.29, 1.82) is 0 Å². The van der Waals surface area contributed by atoms with Crippen LogP contribution >= 0.6 is 11.3 Å². The molecule has 0 bridgehead atoms. The number of ketones is 1. The van der Waals surface area contributed by atoms with E-state index < -0.39 is 0 Å². The van der Waals surface area contributed by atoms with E-state index in [1.807, 2.05) is 24.3 Å². The first kappa shape index (κ1) is 11.0. The third-order valence-corrected chi connectivity index (χ3v) is 3.01. The van der Waals surface area contributed by atoms with E-state index in [0.717, 1.165) is 12.8 Å². The normalized spacial score (nSPS) is 10.3. The van der Waals surface area contributed by atoms with Crippen molar-refractivity contribution >= 4 is 17.1 Å². The van der Waals surface area contributed by atoms with Gasteiger partial charge in [-0.3, -0.25) is 4.79 Å². The molecule has 0 aliphatic rings. The molecule has 0 aliphatic carbocycles. The maximum absolute atomic E-state index is 11.9. The first-order valence-electron chi connectivity index (χ1n) is 5.33. The molecule has 82 valence electrons. The smallest absolute Gasteiger partial charge is 0.212 e. The summed E-state index contributed by atoms with van der Waals surface area (Å²) in [6.07, 6.45) is 2.19. The highest BCUT2D eigenvalue weighted by atomic mass is 32.1. The van der Waals surface area contributed by atoms with Crippen LogP contribution in [-0.4, -0.2) is 10.8 Å². The zero-order chi connectivity index (χ0) is 11.4. The predicted molar refractivity (Wildman–Crippen MR) is 66.0 cm³/mol. The number of rotatable bonds is 4. The first-order chi connectivity index (χ1) is 7.81. The summed E-state index contributed by atoms with van der Waals surface area (Å²) in [5.41, 5.74) is 4.20. The average molecular weight is 231 g/mol. The Kier molecular flexibility index (Phi) is 3.47. The van der Waals surface area contributed by atoms with Gasteiger partial charge in [-0.25, -0.2) is 4.98 Å². The lowest BCUT2D eigenvalue weighted by molar-refractivity contribution is 0.103. The lowest BCUT2D eigenvalue weighted by Crippen LogP contribution is -2.01. The summed E-state index contributed by atoms with van der Waals surface area (Å²) >= 11 is 1.44. The van der Waals surface area contributed by atoms with Gasteiger partial charge in [-0.15, -0.1) is 11.3 Å². The van der Waals surface area contributed by atoms with Crippen LogP contribution in [0.15, 0.2) is 35.2 Å². The Hall–Kier alpha value is -1.48. The summed E-state index contributed by atoms with van der Waals surface area (Å²) in [7, 11) is 0. The topological polar surface area (TPSA) is 30.0 Å². The van der Waals surface area contributed by atoms with Gasteiger partial charge in [0.2, 0.25) is 5.78 Å². The van der Waals surface area contributed by atoms with Crippen molar-refractivity contribution in [2.75, 3.05) is 0 Å². The highest BCUT2D eigenvalue weighted by Gasteiger charge is 2.10. The number of benzene rings is 1. The maximum atomic E-state index is 11.9. The van der Waals surface area contributed by atoms with Gasteiger partial charge in [0.1, 0.15) is 5.69 Å². The Morgan fingerprint density at radius 1 is 1.31 bits per heavy atom. The largest absolute Gasteiger partial charge is 0.287 e. The van der Waals surface area contributed by atoms with E-state index in [4.69, 9.17) is 0 Å². The van der Waals surface area contributed by atoms with E-state index in [1.54, 1.807) is 10.9 Å². The Morgan fingerprint density at radius 3 is 2.62 bits per heavy atom. The minimum atomic E-state index is 0.00398. The van der Waals surface area contributed by atoms with Gasteiger partial charge in [-0.05, 0) is 12.0 Å². The van der Waals surface area contributed by atoms with Crippen molar-refractivity contribution in [3.8, 4) is 0 Å². The van der Waals surface area contributed by atoms with Gasteiger partial charge < -0.3 is 0 Å². The van der Waals surface area contributed by atoms with Gasteiger partial charge in [0.15, 0.2) is 0 Å². The standard InChI is InChI=1S/C13H13NOS/c1-2-3-10-4-6-11(7-5-10)13(15)12-8-16-9-14-12/h4-9H,2-3H2,1H3. The van der Waals surface area contributed by atoms with E-state index in [2.05, 4.69) is 11.9 Å². The molecule has 0 unspecified atom stereocenters. The lowest BCUT2D eigenvalue weighted by Gasteiger charge is -2.00. The molecular formula is C13H13NOS. The van der Waals surface area contributed by atoms with Gasteiger partial charge in [0, 0.05) is 10.9 Å². The molecule has 0 spiro atoms. The monoisotopic (exact) mass is 231 g/mol. The number of carbonyl (C=O) groups excluding carboxylic acids is 1. The number of hydrogen-bond acceptors (Lipinski definition) is 3. The van der Waals surface area contributed by atoms with E-state index in [9.17, 15) is 4.79 Å². The molecule has 1 aromatic heterocycles. The molecule has 0 fully saturated rings. The fraction of sp³-hybridized carbons (Fsp3) is 0.231. The minimum Gasteiger partial charge on any atom is -0.287 e. The third kappa shape index (κ3) is 2.36. The van der Waals surface area contributed by atoms with Crippen LogP contribution in [0.3, 0.4) is 0 Å². The summed E-state index contributed by atoms with van der Waals surface area (Å²) in [5, 5.41) is 1.78. The molecule has 0 amide bonds. The lowest BCUT2D eigenvalue weighted by atomic mass is 10.0. The van der Waals surface area contributed by atoms with E-state index >= 15 is 0 Å². The number of hydrogen-bond donors (Lipinski definition) is 0. The van der Waals surface area contributed by atoms with Crippen molar-refractivity contribution in [1.82, 2.24) is 4.98 Å². The molecule has 0 radical (unpaired) electrons. The van der Waals surface area contributed by atoms with Crippen LogP contribution in [0.2, 0.25) is 0 Å². The molecule has 16 heavy (non-hydrogen) atoms. The van der Waals surface area contributed by atoms with E-state index in [1.165, 1.54) is 16.9 Å². The van der Waals surface area contributed by atoms with Crippen LogP contribution in [0.25, 0.3) is 0 Å². The third-order valence-electron chi connectivity index (χ3n) is 2.42. The molecule has 0 saturated heterocycles. The summed E-state index contributed by atoms with van der Waals surface area (Å²) in [6, 6.07) is 7.80. The quantitative estimate of drug-likeness (QED) is 0.755. The van der Waals surface area contributed by atoms with Crippen molar-refractivity contribution < 1.29 is 4.79 Å². The van der Waals surface area contributed by atoms with Crippen LogP contribution in [-0.2, 0) is 6.42 Å². The molecule has 0 atom stereocenters. The Labute approximate surface area is 99.0 Å². The summed E-state index contributed by atoms with van der Waals surface area (Å²) in [4.78, 5) is 15.9. The van der Waals surface area contributed by atoms with Crippen LogP contribution in [0.1, 0.15) is 35.0 Å². The summed E-state index contributed by atoms with van der Waals surface area (Å²) in [5.74, 6) is 0.00398. The minimum absolute atomic E-state index is 0.00398. The van der Waals surface area contributed by atoms with E-state index in [0.29, 0.717) is 11.3 Å². The Bertz CT molecular complexity index is 459. The van der Waals surface area contributed by atoms with Crippen molar-refractivity contribution in [3.63, 3.8) is 0 Å². The second kappa shape index (κ2) is 5.03. The van der Waals surface area contributed by atoms with Gasteiger partial charge in [0.25, 0.3) is 0 Å². The fourth-order valence-corrected chi connectivity index (χ4v) is 2.12. The fourth-order valence-electron chi connectivity index (χ4n) is 1.58. The van der Waals surface area contributed by atoms with Crippen LogP contribution in [0, 0.1) is 0 Å². The molecule has 0 N–H and O–H groups in total. The maximum Gasteiger partial charge on any atom is 0.212 e. The van der Waals surface area contributed by atoms with Crippen molar-refractivity contribution in [2.24, 2.45) is 0 Å². The number of aryl methyl sites for hydroxylation is 1. The Balaban J connectivity index is 2.19.